The van der Waals surface area contributed by atoms with Gasteiger partial charge in [-0.15, -0.1) is 0 Å². The second-order valence-corrected chi connectivity index (χ2v) is 7.81. The Labute approximate surface area is 158 Å². The molecule has 0 aliphatic heterocycles. The number of hydrogen-bond acceptors (Lipinski definition) is 5. The van der Waals surface area contributed by atoms with Gasteiger partial charge in [-0.2, -0.15) is 0 Å². The molecule has 0 saturated carbocycles. The highest BCUT2D eigenvalue weighted by atomic mass is 32.2. The molecule has 0 radical (unpaired) electrons. The predicted octanol–water partition coefficient (Wildman–Crippen LogP) is 1.51. The number of rotatable bonds is 7. The monoisotopic (exact) mass is 391 g/mol. The van der Waals surface area contributed by atoms with Crippen LogP contribution in [0.2, 0.25) is 0 Å². The van der Waals surface area contributed by atoms with Crippen LogP contribution in [0.5, 0.6) is 5.75 Å². The second-order valence-electron chi connectivity index (χ2n) is 5.90. The molecule has 0 aliphatic rings. The highest BCUT2D eigenvalue weighted by molar-refractivity contribution is 7.92. The summed E-state index contributed by atoms with van der Waals surface area (Å²) >= 11 is 0. The van der Waals surface area contributed by atoms with Gasteiger partial charge >= 0.3 is 0 Å². The summed E-state index contributed by atoms with van der Waals surface area (Å²) in [4.78, 5) is 24.0. The van der Waals surface area contributed by atoms with Crippen molar-refractivity contribution in [3.05, 3.63) is 53.6 Å². The van der Waals surface area contributed by atoms with Gasteiger partial charge in [0.1, 0.15) is 12.3 Å². The van der Waals surface area contributed by atoms with Crippen LogP contribution in [-0.4, -0.2) is 40.1 Å². The van der Waals surface area contributed by atoms with Gasteiger partial charge in [-0.1, -0.05) is 18.2 Å². The maximum Gasteiger partial charge on any atom is 0.250 e. The number of hydrogen-bond donors (Lipinski definition) is 2. The molecule has 27 heavy (non-hydrogen) atoms. The van der Waals surface area contributed by atoms with Gasteiger partial charge in [0.2, 0.25) is 15.9 Å². The standard InChI is InChI=1S/C18H21N3O5S/c1-12-8-9-16(26-2)15(10-12)21(27(3,24)25)11-17(22)20-14-7-5-4-6-13(14)18(19)23/h4-10H,11H2,1-3H3,(H2,19,23)(H,20,22). The molecule has 0 unspecified atom stereocenters. The molecule has 0 saturated heterocycles. The number of aryl methyl sites for hydroxylation is 1. The van der Waals surface area contributed by atoms with Gasteiger partial charge in [-0.25, -0.2) is 8.42 Å². The third-order valence-corrected chi connectivity index (χ3v) is 4.88. The van der Waals surface area contributed by atoms with Gasteiger partial charge in [-0.3, -0.25) is 13.9 Å². The molecule has 2 amide bonds. The molecule has 2 aromatic carbocycles. The molecule has 0 spiro atoms. The molecule has 2 aromatic rings. The minimum Gasteiger partial charge on any atom is -0.495 e. The number of amides is 2. The van der Waals surface area contributed by atoms with Crippen molar-refractivity contribution in [3.63, 3.8) is 0 Å². The van der Waals surface area contributed by atoms with E-state index in [9.17, 15) is 18.0 Å². The SMILES string of the molecule is COc1ccc(C)cc1N(CC(=O)Nc1ccccc1C(N)=O)S(C)(=O)=O. The van der Waals surface area contributed by atoms with Crippen LogP contribution in [0.25, 0.3) is 0 Å². The molecule has 0 aliphatic carbocycles. The highest BCUT2D eigenvalue weighted by Crippen LogP contribution is 2.31. The van der Waals surface area contributed by atoms with Crippen molar-refractivity contribution >= 4 is 33.2 Å². The van der Waals surface area contributed by atoms with E-state index in [0.29, 0.717) is 5.75 Å². The first-order valence-electron chi connectivity index (χ1n) is 7.94. The number of ether oxygens (including phenoxy) is 1. The van der Waals surface area contributed by atoms with Crippen molar-refractivity contribution in [1.82, 2.24) is 0 Å². The first-order chi connectivity index (χ1) is 12.6. The molecule has 144 valence electrons. The van der Waals surface area contributed by atoms with Crippen LogP contribution in [-0.2, 0) is 14.8 Å². The summed E-state index contributed by atoms with van der Waals surface area (Å²) in [5.74, 6) is -1.01. The maximum absolute atomic E-state index is 12.5. The smallest absolute Gasteiger partial charge is 0.250 e. The predicted molar refractivity (Wildman–Crippen MR) is 104 cm³/mol. The minimum atomic E-state index is -3.78. The number of primary amides is 1. The summed E-state index contributed by atoms with van der Waals surface area (Å²) in [7, 11) is -2.37. The fourth-order valence-electron chi connectivity index (χ4n) is 2.50. The Kier molecular flexibility index (Phi) is 6.06. The van der Waals surface area contributed by atoms with E-state index in [1.54, 1.807) is 37.3 Å². The van der Waals surface area contributed by atoms with E-state index in [4.69, 9.17) is 10.5 Å². The molecule has 3 N–H and O–H groups in total. The van der Waals surface area contributed by atoms with Crippen LogP contribution in [0.3, 0.4) is 0 Å². The zero-order chi connectivity index (χ0) is 20.2. The number of sulfonamides is 1. The van der Waals surface area contributed by atoms with Gasteiger partial charge < -0.3 is 15.8 Å². The third-order valence-electron chi connectivity index (χ3n) is 3.76. The Hall–Kier alpha value is -3.07. The fourth-order valence-corrected chi connectivity index (χ4v) is 3.35. The van der Waals surface area contributed by atoms with E-state index in [-0.39, 0.29) is 16.9 Å². The molecule has 8 nitrogen and oxygen atoms in total. The highest BCUT2D eigenvalue weighted by Gasteiger charge is 2.24. The van der Waals surface area contributed by atoms with E-state index in [2.05, 4.69) is 5.32 Å². The van der Waals surface area contributed by atoms with Crippen molar-refractivity contribution in [3.8, 4) is 5.75 Å². The molecule has 0 atom stereocenters. The van der Waals surface area contributed by atoms with Gasteiger partial charge in [-0.05, 0) is 36.8 Å². The van der Waals surface area contributed by atoms with E-state index in [1.807, 2.05) is 0 Å². The Morgan fingerprint density at radius 1 is 1.19 bits per heavy atom. The third kappa shape index (κ3) is 4.98. The lowest BCUT2D eigenvalue weighted by Crippen LogP contribution is -2.38. The van der Waals surface area contributed by atoms with Crippen LogP contribution in [0.1, 0.15) is 15.9 Å². The van der Waals surface area contributed by atoms with Gasteiger partial charge in [0.25, 0.3) is 5.91 Å². The summed E-state index contributed by atoms with van der Waals surface area (Å²) in [5, 5.41) is 2.53. The number of benzene rings is 2. The van der Waals surface area contributed by atoms with E-state index >= 15 is 0 Å². The largest absolute Gasteiger partial charge is 0.495 e. The first-order valence-corrected chi connectivity index (χ1v) is 9.79. The summed E-state index contributed by atoms with van der Waals surface area (Å²) in [6.07, 6.45) is 0.999. The van der Waals surface area contributed by atoms with Crippen LogP contribution >= 0.6 is 0 Å². The molecule has 0 fully saturated rings. The van der Waals surface area contributed by atoms with E-state index < -0.39 is 28.4 Å². The number of nitrogens with two attached hydrogens (primary N) is 1. The summed E-state index contributed by atoms with van der Waals surface area (Å²) in [6.45, 7) is 1.30. The number of carbonyl (C=O) groups excluding carboxylic acids is 2. The molecule has 2 rings (SSSR count). The molecule has 0 heterocycles. The Morgan fingerprint density at radius 3 is 2.44 bits per heavy atom. The number of para-hydroxylation sites is 1. The Bertz CT molecular complexity index is 973. The molecule has 0 aromatic heterocycles. The Morgan fingerprint density at radius 2 is 1.85 bits per heavy atom. The average molecular weight is 391 g/mol. The Balaban J connectivity index is 2.35. The van der Waals surface area contributed by atoms with E-state index in [0.717, 1.165) is 16.1 Å². The lowest BCUT2D eigenvalue weighted by molar-refractivity contribution is -0.114. The number of methoxy groups -OCH3 is 1. The van der Waals surface area contributed by atoms with Gasteiger partial charge in [0.05, 0.1) is 30.3 Å². The zero-order valence-corrected chi connectivity index (χ0v) is 16.0. The zero-order valence-electron chi connectivity index (χ0n) is 15.2. The lowest BCUT2D eigenvalue weighted by Gasteiger charge is -2.24. The summed E-state index contributed by atoms with van der Waals surface area (Å²) in [5.41, 5.74) is 6.68. The average Bonchev–Trinajstić information content (AvgIpc) is 2.59. The minimum absolute atomic E-state index is 0.130. The summed E-state index contributed by atoms with van der Waals surface area (Å²) in [6, 6.07) is 11.2. The number of anilines is 2. The quantitative estimate of drug-likeness (QED) is 0.741. The second kappa shape index (κ2) is 8.09. The van der Waals surface area contributed by atoms with E-state index in [1.165, 1.54) is 19.2 Å². The van der Waals surface area contributed by atoms with Crippen molar-refractivity contribution in [2.45, 2.75) is 6.92 Å². The van der Waals surface area contributed by atoms with Gasteiger partial charge in [0, 0.05) is 0 Å². The van der Waals surface area contributed by atoms with Crippen LogP contribution in [0.4, 0.5) is 11.4 Å². The number of carbonyl (C=O) groups is 2. The van der Waals surface area contributed by atoms with Crippen molar-refractivity contribution in [1.29, 1.82) is 0 Å². The number of nitrogens with zero attached hydrogens (tertiary/aromatic N) is 1. The van der Waals surface area contributed by atoms with Crippen molar-refractivity contribution in [2.24, 2.45) is 5.73 Å². The molecule has 0 bridgehead atoms. The topological polar surface area (TPSA) is 119 Å². The fraction of sp³-hybridized carbons (Fsp3) is 0.222. The molecular formula is C18H21N3O5S. The normalized spacial score (nSPS) is 10.9. The lowest BCUT2D eigenvalue weighted by atomic mass is 10.1. The van der Waals surface area contributed by atoms with Crippen molar-refractivity contribution in [2.75, 3.05) is 29.5 Å². The van der Waals surface area contributed by atoms with Crippen LogP contribution in [0, 0.1) is 6.92 Å². The first kappa shape index (κ1) is 20.2. The molecule has 9 heteroatoms. The number of nitrogens with one attached hydrogen (secondary N) is 1. The van der Waals surface area contributed by atoms with Crippen LogP contribution in [0.15, 0.2) is 42.5 Å². The maximum atomic E-state index is 12.5. The van der Waals surface area contributed by atoms with Gasteiger partial charge in [0.15, 0.2) is 0 Å². The van der Waals surface area contributed by atoms with Crippen LogP contribution < -0.4 is 20.1 Å². The van der Waals surface area contributed by atoms with Crippen molar-refractivity contribution < 1.29 is 22.7 Å². The summed E-state index contributed by atoms with van der Waals surface area (Å²) < 4.78 is 30.8. The molecular weight excluding hydrogens is 370 g/mol.